The Labute approximate surface area is 126 Å². The Kier molecular flexibility index (Phi) is 4.24. The number of nitrogens with one attached hydrogen (secondary N) is 1. The number of hydrogen-bond donors (Lipinski definition) is 1. The summed E-state index contributed by atoms with van der Waals surface area (Å²) in [5.74, 6) is 0.235. The monoisotopic (exact) mass is 289 g/mol. The first-order valence-electron chi connectivity index (χ1n) is 8.01. The molecule has 21 heavy (non-hydrogen) atoms. The normalized spacial score (nSPS) is 22.7. The molecule has 0 radical (unpaired) electrons. The Morgan fingerprint density at radius 2 is 2.14 bits per heavy atom. The highest BCUT2D eigenvalue weighted by molar-refractivity contribution is 6.00. The molecule has 1 saturated heterocycles. The fourth-order valence-corrected chi connectivity index (χ4v) is 3.51. The Morgan fingerprint density at radius 1 is 1.29 bits per heavy atom. The van der Waals surface area contributed by atoms with Crippen LogP contribution in [0.4, 0.5) is 4.39 Å². The molecule has 3 rings (SSSR count). The lowest BCUT2D eigenvalue weighted by Gasteiger charge is -2.33. The molecule has 0 aromatic heterocycles. The highest BCUT2D eigenvalue weighted by atomic mass is 19.1. The number of piperidine rings is 1. The van der Waals surface area contributed by atoms with Crippen molar-refractivity contribution in [2.24, 2.45) is 0 Å². The number of amidine groups is 1. The molecule has 0 spiro atoms. The minimum atomic E-state index is -0.248. The maximum Gasteiger partial charge on any atom is 0.128 e. The van der Waals surface area contributed by atoms with E-state index in [1.54, 1.807) is 0 Å². The third kappa shape index (κ3) is 3.10. The zero-order valence-electron chi connectivity index (χ0n) is 12.7. The van der Waals surface area contributed by atoms with Crippen molar-refractivity contribution in [3.63, 3.8) is 0 Å². The lowest BCUT2D eigenvalue weighted by molar-refractivity contribution is 0.155. The van der Waals surface area contributed by atoms with E-state index in [0.29, 0.717) is 11.9 Å². The van der Waals surface area contributed by atoms with Crippen molar-refractivity contribution in [1.29, 1.82) is 5.41 Å². The first-order valence-corrected chi connectivity index (χ1v) is 8.01. The number of hydrogen-bond acceptors (Lipinski definition) is 2. The van der Waals surface area contributed by atoms with Gasteiger partial charge < -0.3 is 9.80 Å². The third-order valence-electron chi connectivity index (χ3n) is 4.82. The topological polar surface area (TPSA) is 30.3 Å². The number of likely N-dealkylation sites (tertiary alicyclic amines) is 1. The molecule has 1 atom stereocenters. The van der Waals surface area contributed by atoms with Gasteiger partial charge in [-0.15, -0.1) is 0 Å². The largest absolute Gasteiger partial charge is 0.352 e. The molecule has 114 valence electrons. The van der Waals surface area contributed by atoms with Crippen molar-refractivity contribution in [1.82, 2.24) is 9.80 Å². The van der Waals surface area contributed by atoms with E-state index < -0.39 is 0 Å². The van der Waals surface area contributed by atoms with Crippen molar-refractivity contribution < 1.29 is 4.39 Å². The number of halogens is 1. The van der Waals surface area contributed by atoms with E-state index in [2.05, 4.69) is 16.7 Å². The van der Waals surface area contributed by atoms with Crippen molar-refractivity contribution in [2.75, 3.05) is 19.6 Å². The molecule has 0 saturated carbocycles. The lowest BCUT2D eigenvalue weighted by atomic mass is 10.0. The molecule has 3 nitrogen and oxygen atoms in total. The van der Waals surface area contributed by atoms with Crippen LogP contribution in [0.25, 0.3) is 0 Å². The molecule has 2 heterocycles. The van der Waals surface area contributed by atoms with Crippen molar-refractivity contribution in [2.45, 2.75) is 45.2 Å². The second-order valence-electron chi connectivity index (χ2n) is 6.31. The van der Waals surface area contributed by atoms with Crippen LogP contribution in [0.15, 0.2) is 18.2 Å². The first-order chi connectivity index (χ1) is 10.1. The SMILES string of the molecule is CC1CCCCN1CCCN1Cc2ccc(F)cc2C1=N. The summed E-state index contributed by atoms with van der Waals surface area (Å²) < 4.78 is 13.3. The van der Waals surface area contributed by atoms with Crippen LogP contribution in [-0.2, 0) is 6.54 Å². The number of rotatable bonds is 4. The van der Waals surface area contributed by atoms with Gasteiger partial charge in [-0.05, 0) is 50.4 Å². The quantitative estimate of drug-likeness (QED) is 0.922. The first kappa shape index (κ1) is 14.5. The Bertz CT molecular complexity index is 529. The van der Waals surface area contributed by atoms with Gasteiger partial charge in [-0.1, -0.05) is 12.5 Å². The van der Waals surface area contributed by atoms with Gasteiger partial charge in [0.2, 0.25) is 0 Å². The van der Waals surface area contributed by atoms with Crippen LogP contribution in [0.2, 0.25) is 0 Å². The van der Waals surface area contributed by atoms with Crippen LogP contribution in [0.3, 0.4) is 0 Å². The van der Waals surface area contributed by atoms with Crippen LogP contribution in [0, 0.1) is 11.2 Å². The summed E-state index contributed by atoms with van der Waals surface area (Å²) >= 11 is 0. The summed E-state index contributed by atoms with van der Waals surface area (Å²) in [6.07, 6.45) is 5.05. The number of fused-ring (bicyclic) bond motifs is 1. The van der Waals surface area contributed by atoms with Crippen LogP contribution in [0.1, 0.15) is 43.7 Å². The van der Waals surface area contributed by atoms with E-state index in [4.69, 9.17) is 5.41 Å². The molecule has 0 amide bonds. The minimum absolute atomic E-state index is 0.248. The number of benzene rings is 1. The van der Waals surface area contributed by atoms with Crippen molar-refractivity contribution in [3.8, 4) is 0 Å². The predicted octanol–water partition coefficient (Wildman–Crippen LogP) is 3.23. The standard InChI is InChI=1S/C17H24FN3/c1-13-5-2-3-8-20(13)9-4-10-21-12-14-6-7-15(18)11-16(14)17(21)19/h6-7,11,13,19H,2-5,8-10,12H2,1H3. The molecular weight excluding hydrogens is 265 g/mol. The smallest absolute Gasteiger partial charge is 0.128 e. The third-order valence-corrected chi connectivity index (χ3v) is 4.82. The molecule has 4 heteroatoms. The molecule has 1 aromatic rings. The van der Waals surface area contributed by atoms with Gasteiger partial charge in [0.25, 0.3) is 0 Å². The van der Waals surface area contributed by atoms with E-state index in [1.807, 2.05) is 6.07 Å². The zero-order valence-corrected chi connectivity index (χ0v) is 12.7. The highest BCUT2D eigenvalue weighted by Gasteiger charge is 2.24. The zero-order chi connectivity index (χ0) is 14.8. The Balaban J connectivity index is 1.52. The van der Waals surface area contributed by atoms with Gasteiger partial charge in [0.05, 0.1) is 0 Å². The molecular formula is C17H24FN3. The second kappa shape index (κ2) is 6.14. The second-order valence-corrected chi connectivity index (χ2v) is 6.31. The summed E-state index contributed by atoms with van der Waals surface area (Å²) in [6, 6.07) is 5.49. The van der Waals surface area contributed by atoms with Gasteiger partial charge in [0.15, 0.2) is 0 Å². The van der Waals surface area contributed by atoms with Gasteiger partial charge in [0, 0.05) is 31.2 Å². The fourth-order valence-electron chi connectivity index (χ4n) is 3.51. The molecule has 0 aliphatic carbocycles. The average Bonchev–Trinajstić information content (AvgIpc) is 2.78. The van der Waals surface area contributed by atoms with Gasteiger partial charge in [-0.25, -0.2) is 4.39 Å². The van der Waals surface area contributed by atoms with Gasteiger partial charge in [0.1, 0.15) is 11.7 Å². The molecule has 0 bridgehead atoms. The van der Waals surface area contributed by atoms with Gasteiger partial charge in [-0.3, -0.25) is 5.41 Å². The predicted molar refractivity (Wildman–Crippen MR) is 83.1 cm³/mol. The van der Waals surface area contributed by atoms with E-state index in [0.717, 1.165) is 37.2 Å². The van der Waals surface area contributed by atoms with E-state index in [1.165, 1.54) is 37.9 Å². The van der Waals surface area contributed by atoms with Crippen LogP contribution >= 0.6 is 0 Å². The van der Waals surface area contributed by atoms with Gasteiger partial charge >= 0.3 is 0 Å². The van der Waals surface area contributed by atoms with Crippen molar-refractivity contribution >= 4 is 5.84 Å². The van der Waals surface area contributed by atoms with Crippen LogP contribution in [0.5, 0.6) is 0 Å². The molecule has 1 unspecified atom stereocenters. The summed E-state index contributed by atoms with van der Waals surface area (Å²) in [5, 5.41) is 8.19. The van der Waals surface area contributed by atoms with E-state index in [-0.39, 0.29) is 5.82 Å². The molecule has 1 N–H and O–H groups in total. The fraction of sp³-hybridized carbons (Fsp3) is 0.588. The molecule has 1 fully saturated rings. The number of nitrogens with zero attached hydrogens (tertiary/aromatic N) is 2. The summed E-state index contributed by atoms with van der Waals surface area (Å²) in [6.45, 7) is 6.28. The van der Waals surface area contributed by atoms with Gasteiger partial charge in [-0.2, -0.15) is 0 Å². The lowest BCUT2D eigenvalue weighted by Crippen LogP contribution is -2.39. The molecule has 1 aromatic carbocycles. The minimum Gasteiger partial charge on any atom is -0.352 e. The van der Waals surface area contributed by atoms with Crippen LogP contribution < -0.4 is 0 Å². The van der Waals surface area contributed by atoms with Crippen molar-refractivity contribution in [3.05, 3.63) is 35.1 Å². The Hall–Kier alpha value is -1.42. The summed E-state index contributed by atoms with van der Waals surface area (Å²) in [5.41, 5.74) is 1.84. The maximum atomic E-state index is 13.3. The molecule has 2 aliphatic heterocycles. The molecule has 2 aliphatic rings. The highest BCUT2D eigenvalue weighted by Crippen LogP contribution is 2.24. The van der Waals surface area contributed by atoms with E-state index >= 15 is 0 Å². The summed E-state index contributed by atoms with van der Waals surface area (Å²) in [4.78, 5) is 4.63. The Morgan fingerprint density at radius 3 is 2.95 bits per heavy atom. The average molecular weight is 289 g/mol. The maximum absolute atomic E-state index is 13.3. The summed E-state index contributed by atoms with van der Waals surface area (Å²) in [7, 11) is 0. The van der Waals surface area contributed by atoms with Crippen LogP contribution in [-0.4, -0.2) is 41.3 Å². The van der Waals surface area contributed by atoms with E-state index in [9.17, 15) is 4.39 Å².